The van der Waals surface area contributed by atoms with E-state index in [4.69, 9.17) is 10.00 Å². The lowest BCUT2D eigenvalue weighted by Gasteiger charge is -2.32. The number of nitrogens with zero attached hydrogens (tertiary/aromatic N) is 3. The fourth-order valence-corrected chi connectivity index (χ4v) is 3.62. The van der Waals surface area contributed by atoms with Crippen molar-refractivity contribution in [1.82, 2.24) is 15.1 Å². The van der Waals surface area contributed by atoms with Crippen LogP contribution < -0.4 is 5.32 Å². The van der Waals surface area contributed by atoms with Crippen molar-refractivity contribution >= 4 is 6.03 Å². The molecule has 0 spiro atoms. The molecule has 0 unspecified atom stereocenters. The smallest absolute Gasteiger partial charge is 0.317 e. The number of carbonyl (C=O) groups is 1. The topological polar surface area (TPSA) is 68.6 Å². The summed E-state index contributed by atoms with van der Waals surface area (Å²) in [6.45, 7) is 2.30. The van der Waals surface area contributed by atoms with E-state index in [9.17, 15) is 4.79 Å². The van der Waals surface area contributed by atoms with Crippen LogP contribution in [-0.2, 0) is 11.3 Å². The zero-order valence-electron chi connectivity index (χ0n) is 14.2. The van der Waals surface area contributed by atoms with Crippen LogP contribution in [0.25, 0.3) is 0 Å². The van der Waals surface area contributed by atoms with Crippen LogP contribution in [0.4, 0.5) is 4.79 Å². The average Bonchev–Trinajstić information content (AvgIpc) is 2.93. The van der Waals surface area contributed by atoms with Crippen LogP contribution in [-0.4, -0.2) is 61.3 Å². The van der Waals surface area contributed by atoms with E-state index in [1.54, 1.807) is 19.0 Å². The number of amides is 2. The highest BCUT2D eigenvalue weighted by molar-refractivity contribution is 5.74. The van der Waals surface area contributed by atoms with Gasteiger partial charge in [-0.3, -0.25) is 4.90 Å². The van der Waals surface area contributed by atoms with Crippen LogP contribution in [0.15, 0.2) is 24.3 Å². The third kappa shape index (κ3) is 3.53. The summed E-state index contributed by atoms with van der Waals surface area (Å²) in [4.78, 5) is 16.0. The van der Waals surface area contributed by atoms with Crippen LogP contribution >= 0.6 is 0 Å². The monoisotopic (exact) mass is 328 g/mol. The first-order chi connectivity index (χ1) is 11.6. The molecule has 2 fully saturated rings. The molecule has 1 aromatic carbocycles. The van der Waals surface area contributed by atoms with Crippen LogP contribution in [0.2, 0.25) is 0 Å². The number of likely N-dealkylation sites (tertiary alicyclic amines) is 1. The van der Waals surface area contributed by atoms with E-state index in [1.807, 2.05) is 24.3 Å². The first kappa shape index (κ1) is 16.7. The Morgan fingerprint density at radius 1 is 1.50 bits per heavy atom. The predicted octanol–water partition coefficient (Wildman–Crippen LogP) is 1.56. The number of nitrogens with one attached hydrogen (secondary N) is 1. The number of hydrogen-bond donors (Lipinski definition) is 1. The largest absolute Gasteiger partial charge is 0.374 e. The van der Waals surface area contributed by atoms with Crippen molar-refractivity contribution in [2.24, 2.45) is 0 Å². The number of rotatable bonds is 3. The molecule has 0 radical (unpaired) electrons. The molecule has 2 amide bonds. The summed E-state index contributed by atoms with van der Waals surface area (Å²) in [5.41, 5.74) is 1.80. The number of hydrogen-bond acceptors (Lipinski definition) is 4. The zero-order chi connectivity index (χ0) is 17.1. The highest BCUT2D eigenvalue weighted by Gasteiger charge is 2.44. The Kier molecular flexibility index (Phi) is 5.03. The maximum Gasteiger partial charge on any atom is 0.317 e. The van der Waals surface area contributed by atoms with Crippen LogP contribution in [0, 0.1) is 11.3 Å². The quantitative estimate of drug-likeness (QED) is 0.914. The lowest BCUT2D eigenvalue weighted by atomic mass is 10.0. The molecule has 0 saturated carbocycles. The van der Waals surface area contributed by atoms with Crippen LogP contribution in [0.5, 0.6) is 0 Å². The highest BCUT2D eigenvalue weighted by atomic mass is 16.5. The Morgan fingerprint density at radius 3 is 3.08 bits per heavy atom. The van der Waals surface area contributed by atoms with Gasteiger partial charge in [0.05, 0.1) is 23.8 Å². The highest BCUT2D eigenvalue weighted by Crippen LogP contribution is 2.30. The van der Waals surface area contributed by atoms with E-state index < -0.39 is 0 Å². The number of benzene rings is 1. The van der Waals surface area contributed by atoms with Gasteiger partial charge in [-0.15, -0.1) is 0 Å². The van der Waals surface area contributed by atoms with E-state index in [0.29, 0.717) is 11.6 Å². The van der Waals surface area contributed by atoms with E-state index in [1.165, 1.54) is 0 Å². The van der Waals surface area contributed by atoms with Crippen molar-refractivity contribution in [3.63, 3.8) is 0 Å². The number of ether oxygens (including phenoxy) is 1. The fourth-order valence-electron chi connectivity index (χ4n) is 3.62. The van der Waals surface area contributed by atoms with Gasteiger partial charge in [-0.05, 0) is 30.5 Å². The van der Waals surface area contributed by atoms with Gasteiger partial charge >= 0.3 is 6.03 Å². The van der Waals surface area contributed by atoms with Crippen LogP contribution in [0.1, 0.15) is 24.0 Å². The second-order valence-corrected chi connectivity index (χ2v) is 6.74. The van der Waals surface area contributed by atoms with Gasteiger partial charge in [0.25, 0.3) is 0 Å². The summed E-state index contributed by atoms with van der Waals surface area (Å²) in [6, 6.07) is 10.2. The number of carbonyl (C=O) groups excluding carboxylic acids is 1. The van der Waals surface area contributed by atoms with Gasteiger partial charge < -0.3 is 15.0 Å². The summed E-state index contributed by atoms with van der Waals surface area (Å²) < 4.78 is 5.98. The van der Waals surface area contributed by atoms with E-state index in [-0.39, 0.29) is 18.2 Å². The van der Waals surface area contributed by atoms with Gasteiger partial charge in [0.2, 0.25) is 0 Å². The van der Waals surface area contributed by atoms with E-state index >= 15 is 0 Å². The van der Waals surface area contributed by atoms with Crippen molar-refractivity contribution in [3.8, 4) is 6.07 Å². The van der Waals surface area contributed by atoms with Gasteiger partial charge in [-0.1, -0.05) is 12.1 Å². The lowest BCUT2D eigenvalue weighted by Crippen LogP contribution is -2.50. The first-order valence-corrected chi connectivity index (χ1v) is 8.41. The maximum atomic E-state index is 12.0. The molecule has 2 heterocycles. The summed E-state index contributed by atoms with van der Waals surface area (Å²) >= 11 is 0. The van der Waals surface area contributed by atoms with Gasteiger partial charge in [0.15, 0.2) is 0 Å². The molecule has 0 aromatic heterocycles. The molecule has 6 heteroatoms. The van der Waals surface area contributed by atoms with E-state index in [0.717, 1.165) is 38.1 Å². The standard InChI is InChI=1S/C18H24N4O2/c1-21(2)18(23)20-15-12-22(16-7-4-8-24-17(15)16)11-14-6-3-5-13(9-14)10-19/h3,5-6,9,15-17H,4,7-8,11-12H2,1-2H3,(H,20,23)/t15-,16+,17+/m1/s1. The van der Waals surface area contributed by atoms with Gasteiger partial charge in [-0.2, -0.15) is 5.26 Å². The van der Waals surface area contributed by atoms with Crippen molar-refractivity contribution in [2.45, 2.75) is 37.6 Å². The summed E-state index contributed by atoms with van der Waals surface area (Å²) in [5, 5.41) is 12.2. The van der Waals surface area contributed by atoms with Gasteiger partial charge in [0.1, 0.15) is 0 Å². The molecule has 3 rings (SSSR count). The third-order valence-electron chi connectivity index (χ3n) is 4.79. The normalized spacial score (nSPS) is 26.5. The summed E-state index contributed by atoms with van der Waals surface area (Å²) in [6.07, 6.45) is 2.17. The molecule has 2 aliphatic heterocycles. The molecule has 24 heavy (non-hydrogen) atoms. The molecule has 1 aromatic rings. The molecule has 128 valence electrons. The zero-order valence-corrected chi connectivity index (χ0v) is 14.2. The number of fused-ring (bicyclic) bond motifs is 1. The second kappa shape index (κ2) is 7.20. The Morgan fingerprint density at radius 2 is 2.33 bits per heavy atom. The maximum absolute atomic E-state index is 12.0. The molecule has 0 aliphatic carbocycles. The Balaban J connectivity index is 1.73. The number of nitriles is 1. The van der Waals surface area contributed by atoms with Crippen molar-refractivity contribution in [2.75, 3.05) is 27.2 Å². The van der Waals surface area contributed by atoms with Gasteiger partial charge in [0, 0.05) is 39.8 Å². The minimum absolute atomic E-state index is 0.00403. The molecule has 3 atom stereocenters. The Bertz CT molecular complexity index is 640. The SMILES string of the molecule is CN(C)C(=O)N[C@@H]1CN(Cc2cccc(C#N)c2)[C@H]2CCCO[C@@H]12. The summed E-state index contributed by atoms with van der Waals surface area (Å²) in [7, 11) is 3.49. The molecule has 2 saturated heterocycles. The third-order valence-corrected chi connectivity index (χ3v) is 4.79. The minimum atomic E-state index is -0.0822. The fraction of sp³-hybridized carbons (Fsp3) is 0.556. The molecule has 1 N–H and O–H groups in total. The van der Waals surface area contributed by atoms with E-state index in [2.05, 4.69) is 16.3 Å². The molecule has 0 bridgehead atoms. The summed E-state index contributed by atoms with van der Waals surface area (Å²) in [5.74, 6) is 0. The number of urea groups is 1. The van der Waals surface area contributed by atoms with Crippen molar-refractivity contribution in [1.29, 1.82) is 5.26 Å². The average molecular weight is 328 g/mol. The molecular weight excluding hydrogens is 304 g/mol. The van der Waals surface area contributed by atoms with Crippen molar-refractivity contribution < 1.29 is 9.53 Å². The predicted molar refractivity (Wildman–Crippen MR) is 90.3 cm³/mol. The van der Waals surface area contributed by atoms with Crippen molar-refractivity contribution in [3.05, 3.63) is 35.4 Å². The minimum Gasteiger partial charge on any atom is -0.374 e. The van der Waals surface area contributed by atoms with Crippen LogP contribution in [0.3, 0.4) is 0 Å². The first-order valence-electron chi connectivity index (χ1n) is 8.41. The molecule has 6 nitrogen and oxygen atoms in total. The van der Waals surface area contributed by atoms with Gasteiger partial charge in [-0.25, -0.2) is 4.79 Å². The Hall–Kier alpha value is -2.10. The molecular formula is C18H24N4O2. The molecule has 2 aliphatic rings. The Labute approximate surface area is 143 Å². The second-order valence-electron chi connectivity index (χ2n) is 6.74. The lowest BCUT2D eigenvalue weighted by molar-refractivity contribution is -0.0207.